The Hall–Kier alpha value is -1.95. The lowest BCUT2D eigenvalue weighted by atomic mass is 9.84. The van der Waals surface area contributed by atoms with Crippen LogP contribution >= 0.6 is 0 Å². The first kappa shape index (κ1) is 15.4. The molecule has 6 heteroatoms. The fraction of sp³-hybridized carbons (Fsp3) is 0.467. The second kappa shape index (κ2) is 6.67. The van der Waals surface area contributed by atoms with Crippen molar-refractivity contribution in [2.45, 2.75) is 31.7 Å². The highest BCUT2D eigenvalue weighted by atomic mass is 19.1. The Balaban J connectivity index is 2.18. The first-order valence-electron chi connectivity index (χ1n) is 6.97. The number of nitrogens with two attached hydrogens (primary N) is 1. The molecule has 2 atom stereocenters. The first-order valence-corrected chi connectivity index (χ1v) is 6.97. The molecule has 5 nitrogen and oxygen atoms in total. The van der Waals surface area contributed by atoms with Gasteiger partial charge in [-0.3, -0.25) is 4.79 Å². The summed E-state index contributed by atoms with van der Waals surface area (Å²) in [7, 11) is 1.20. The number of methoxy groups -OCH3 is 1. The van der Waals surface area contributed by atoms with Crippen LogP contribution in [0, 0.1) is 11.7 Å². The lowest BCUT2D eigenvalue weighted by Crippen LogP contribution is -2.40. The molecule has 0 bridgehead atoms. The number of rotatable bonds is 3. The largest absolute Gasteiger partial charge is 0.465 e. The average Bonchev–Trinajstić information content (AvgIpc) is 2.48. The van der Waals surface area contributed by atoms with E-state index < -0.39 is 11.8 Å². The van der Waals surface area contributed by atoms with Gasteiger partial charge in [-0.2, -0.15) is 0 Å². The van der Waals surface area contributed by atoms with E-state index in [1.807, 2.05) is 0 Å². The molecular weight excluding hydrogens is 275 g/mol. The number of hydrogen-bond acceptors (Lipinski definition) is 4. The van der Waals surface area contributed by atoms with Crippen LogP contribution in [0.3, 0.4) is 0 Å². The highest BCUT2D eigenvalue weighted by Gasteiger charge is 2.29. The van der Waals surface area contributed by atoms with Crippen molar-refractivity contribution in [2.75, 3.05) is 12.4 Å². The van der Waals surface area contributed by atoms with Gasteiger partial charge in [-0.25, -0.2) is 9.18 Å². The molecule has 1 aliphatic rings. The number of halogens is 1. The molecule has 21 heavy (non-hydrogen) atoms. The Morgan fingerprint density at radius 2 is 2.05 bits per heavy atom. The summed E-state index contributed by atoms with van der Waals surface area (Å²) in [6.45, 7) is 0. The van der Waals surface area contributed by atoms with Gasteiger partial charge in [0, 0.05) is 6.04 Å². The summed E-state index contributed by atoms with van der Waals surface area (Å²) in [5.74, 6) is -1.78. The van der Waals surface area contributed by atoms with E-state index in [0.29, 0.717) is 0 Å². The van der Waals surface area contributed by atoms with Crippen LogP contribution in [0.4, 0.5) is 10.1 Å². The summed E-state index contributed by atoms with van der Waals surface area (Å²) in [6, 6.07) is 3.40. The first-order chi connectivity index (χ1) is 10.0. The third kappa shape index (κ3) is 3.58. The Morgan fingerprint density at radius 3 is 2.71 bits per heavy atom. The van der Waals surface area contributed by atoms with Crippen molar-refractivity contribution in [2.24, 2.45) is 11.7 Å². The lowest BCUT2D eigenvalue weighted by molar-refractivity contribution is -0.121. The van der Waals surface area contributed by atoms with Gasteiger partial charge < -0.3 is 15.8 Å². The minimum absolute atomic E-state index is 0.00442. The van der Waals surface area contributed by atoms with Gasteiger partial charge >= 0.3 is 5.97 Å². The van der Waals surface area contributed by atoms with Crippen molar-refractivity contribution in [1.82, 2.24) is 0 Å². The molecule has 0 saturated heterocycles. The number of carbonyl (C=O) groups excluding carboxylic acids is 2. The average molecular weight is 294 g/mol. The summed E-state index contributed by atoms with van der Waals surface area (Å²) in [4.78, 5) is 23.9. The Morgan fingerprint density at radius 1 is 1.33 bits per heavy atom. The van der Waals surface area contributed by atoms with Crippen LogP contribution in [-0.4, -0.2) is 25.0 Å². The van der Waals surface area contributed by atoms with E-state index in [9.17, 15) is 14.0 Å². The molecule has 1 aromatic rings. The number of esters is 1. The SMILES string of the molecule is COC(=O)c1cc(F)ccc1NC(=O)C1CCCCC1N. The highest BCUT2D eigenvalue weighted by Crippen LogP contribution is 2.25. The predicted molar refractivity (Wildman–Crippen MR) is 76.3 cm³/mol. The predicted octanol–water partition coefficient (Wildman–Crippen LogP) is 2.07. The van der Waals surface area contributed by atoms with Crippen molar-refractivity contribution in [3.63, 3.8) is 0 Å². The molecule has 1 fully saturated rings. The van der Waals surface area contributed by atoms with Gasteiger partial charge in [0.1, 0.15) is 5.82 Å². The zero-order chi connectivity index (χ0) is 15.4. The van der Waals surface area contributed by atoms with Gasteiger partial charge in [0.05, 0.1) is 24.3 Å². The molecule has 2 rings (SSSR count). The molecule has 1 aromatic carbocycles. The second-order valence-electron chi connectivity index (χ2n) is 5.23. The van der Waals surface area contributed by atoms with Gasteiger partial charge in [0.15, 0.2) is 0 Å². The smallest absolute Gasteiger partial charge is 0.340 e. The summed E-state index contributed by atoms with van der Waals surface area (Å²) in [5.41, 5.74) is 6.21. The van der Waals surface area contributed by atoms with Crippen molar-refractivity contribution >= 4 is 17.6 Å². The van der Waals surface area contributed by atoms with E-state index in [-0.39, 0.29) is 29.1 Å². The van der Waals surface area contributed by atoms with Crippen LogP contribution in [0.2, 0.25) is 0 Å². The quantitative estimate of drug-likeness (QED) is 0.836. The summed E-state index contributed by atoms with van der Waals surface area (Å²) < 4.78 is 17.9. The fourth-order valence-corrected chi connectivity index (χ4v) is 2.61. The zero-order valence-corrected chi connectivity index (χ0v) is 11.9. The molecule has 0 spiro atoms. The van der Waals surface area contributed by atoms with Crippen molar-refractivity contribution in [1.29, 1.82) is 0 Å². The number of hydrogen-bond donors (Lipinski definition) is 2. The van der Waals surface area contributed by atoms with Gasteiger partial charge in [-0.05, 0) is 31.0 Å². The minimum atomic E-state index is -0.697. The van der Waals surface area contributed by atoms with Crippen LogP contribution in [0.25, 0.3) is 0 Å². The maximum Gasteiger partial charge on any atom is 0.340 e. The Kier molecular flexibility index (Phi) is 4.90. The van der Waals surface area contributed by atoms with Crippen LogP contribution in [0.15, 0.2) is 18.2 Å². The Bertz CT molecular complexity index is 548. The van der Waals surface area contributed by atoms with Gasteiger partial charge in [0.25, 0.3) is 0 Å². The number of anilines is 1. The topological polar surface area (TPSA) is 81.4 Å². The third-order valence-corrected chi connectivity index (χ3v) is 3.80. The van der Waals surface area contributed by atoms with E-state index in [2.05, 4.69) is 10.1 Å². The summed E-state index contributed by atoms with van der Waals surface area (Å²) in [5, 5.41) is 2.67. The highest BCUT2D eigenvalue weighted by molar-refractivity contribution is 6.02. The molecule has 0 aromatic heterocycles. The van der Waals surface area contributed by atoms with E-state index >= 15 is 0 Å². The van der Waals surface area contributed by atoms with Gasteiger partial charge in [-0.1, -0.05) is 12.8 Å². The van der Waals surface area contributed by atoms with E-state index in [0.717, 1.165) is 31.7 Å². The monoisotopic (exact) mass is 294 g/mol. The van der Waals surface area contributed by atoms with E-state index in [1.165, 1.54) is 19.2 Å². The molecule has 2 unspecified atom stereocenters. The van der Waals surface area contributed by atoms with Crippen molar-refractivity contribution in [3.8, 4) is 0 Å². The standard InChI is InChI=1S/C15H19FN2O3/c1-21-15(20)11-8-9(16)6-7-13(11)18-14(19)10-4-2-3-5-12(10)17/h6-8,10,12H,2-5,17H2,1H3,(H,18,19). The normalized spacial score (nSPS) is 21.7. The van der Waals surface area contributed by atoms with Gasteiger partial charge in [-0.15, -0.1) is 0 Å². The number of carbonyl (C=O) groups is 2. The maximum atomic E-state index is 13.3. The number of nitrogens with one attached hydrogen (secondary N) is 1. The van der Waals surface area contributed by atoms with Crippen LogP contribution in [0.1, 0.15) is 36.0 Å². The molecule has 1 aliphatic carbocycles. The summed E-state index contributed by atoms with van der Waals surface area (Å²) >= 11 is 0. The maximum absolute atomic E-state index is 13.3. The number of ether oxygens (including phenoxy) is 1. The molecular formula is C15H19FN2O3. The molecule has 1 saturated carbocycles. The minimum Gasteiger partial charge on any atom is -0.465 e. The summed E-state index contributed by atoms with van der Waals surface area (Å²) in [6.07, 6.45) is 3.51. The molecule has 114 valence electrons. The third-order valence-electron chi connectivity index (χ3n) is 3.80. The van der Waals surface area contributed by atoms with Crippen molar-refractivity contribution < 1.29 is 18.7 Å². The number of benzene rings is 1. The molecule has 3 N–H and O–H groups in total. The Labute approximate surface area is 122 Å². The van der Waals surface area contributed by atoms with Crippen LogP contribution in [0.5, 0.6) is 0 Å². The molecule has 0 radical (unpaired) electrons. The van der Waals surface area contributed by atoms with Crippen LogP contribution < -0.4 is 11.1 Å². The van der Waals surface area contributed by atoms with Crippen molar-refractivity contribution in [3.05, 3.63) is 29.6 Å². The molecule has 0 heterocycles. The van der Waals surface area contributed by atoms with Crippen LogP contribution in [-0.2, 0) is 9.53 Å². The second-order valence-corrected chi connectivity index (χ2v) is 5.23. The molecule has 1 amide bonds. The lowest BCUT2D eigenvalue weighted by Gasteiger charge is -2.27. The number of amides is 1. The zero-order valence-electron chi connectivity index (χ0n) is 11.9. The molecule has 0 aliphatic heterocycles. The van der Waals surface area contributed by atoms with Gasteiger partial charge in [0.2, 0.25) is 5.91 Å². The van der Waals surface area contributed by atoms with E-state index in [4.69, 9.17) is 5.73 Å². The fourth-order valence-electron chi connectivity index (χ4n) is 2.61. The van der Waals surface area contributed by atoms with E-state index in [1.54, 1.807) is 0 Å².